The monoisotopic (exact) mass is 556 g/mol. The third-order valence-corrected chi connectivity index (χ3v) is 7.62. The Bertz CT molecular complexity index is 1420. The predicted molar refractivity (Wildman–Crippen MR) is 142 cm³/mol. The number of aliphatic carboxylic acids is 1. The molecule has 0 amide bonds. The number of carboxylic acid groups (broad SMARTS) is 1. The maximum atomic E-state index is 13.8. The molecule has 1 aromatic heterocycles. The Morgan fingerprint density at radius 2 is 1.88 bits per heavy atom. The summed E-state index contributed by atoms with van der Waals surface area (Å²) in [6.07, 6.45) is 2.28. The summed E-state index contributed by atoms with van der Waals surface area (Å²) in [5.74, 6) is 1.67. The first kappa shape index (κ1) is 29.3. The van der Waals surface area contributed by atoms with Crippen LogP contribution in [0.15, 0.2) is 36.5 Å². The van der Waals surface area contributed by atoms with E-state index in [4.69, 9.17) is 4.74 Å². The van der Waals surface area contributed by atoms with E-state index in [1.165, 1.54) is 13.3 Å². The summed E-state index contributed by atoms with van der Waals surface area (Å²) in [6, 6.07) is 6.46. The van der Waals surface area contributed by atoms with Crippen molar-refractivity contribution < 1.29 is 38.0 Å². The Hall–Kier alpha value is -3.65. The number of methoxy groups -OCH3 is 1. The van der Waals surface area contributed by atoms with Gasteiger partial charge in [0.2, 0.25) is 0 Å². The minimum atomic E-state index is -1.06. The number of likely N-dealkylation sites (tertiary alicyclic amines) is 1. The van der Waals surface area contributed by atoms with E-state index in [9.17, 15) is 33.3 Å². The first-order chi connectivity index (χ1) is 19.1. The largest absolute Gasteiger partial charge is 0.497 e. The average molecular weight is 557 g/mol. The van der Waals surface area contributed by atoms with Gasteiger partial charge in [-0.05, 0) is 68.0 Å². The molecule has 3 N–H and O–H groups in total. The molecule has 0 radical (unpaired) electrons. The van der Waals surface area contributed by atoms with Crippen molar-refractivity contribution >= 4 is 16.9 Å². The van der Waals surface area contributed by atoms with Crippen molar-refractivity contribution in [2.75, 3.05) is 26.7 Å². The zero-order valence-corrected chi connectivity index (χ0v) is 22.1. The molecule has 0 aliphatic carbocycles. The van der Waals surface area contributed by atoms with Crippen LogP contribution >= 0.6 is 0 Å². The lowest BCUT2D eigenvalue weighted by atomic mass is 9.71. The molecule has 1 aliphatic heterocycles. The normalized spacial score (nSPS) is 15.8. The smallest absolute Gasteiger partial charge is 0.303 e. The average Bonchev–Trinajstić information content (AvgIpc) is 2.92. The zero-order chi connectivity index (χ0) is 28.9. The molecule has 0 bridgehead atoms. The number of carbonyl (C=O) groups is 1. The number of halogens is 3. The van der Waals surface area contributed by atoms with Crippen molar-refractivity contribution in [3.8, 4) is 17.6 Å². The van der Waals surface area contributed by atoms with Crippen LogP contribution in [0.4, 0.5) is 13.2 Å². The van der Waals surface area contributed by atoms with Gasteiger partial charge in [-0.15, -0.1) is 0 Å². The Morgan fingerprint density at radius 1 is 1.18 bits per heavy atom. The summed E-state index contributed by atoms with van der Waals surface area (Å²) in [6.45, 7) is 0.939. The van der Waals surface area contributed by atoms with Gasteiger partial charge in [0.25, 0.3) is 0 Å². The van der Waals surface area contributed by atoms with E-state index in [-0.39, 0.29) is 26.0 Å². The highest BCUT2D eigenvalue weighted by atomic mass is 19.1. The molecule has 40 heavy (non-hydrogen) atoms. The number of benzene rings is 2. The lowest BCUT2D eigenvalue weighted by Crippen LogP contribution is -2.41. The van der Waals surface area contributed by atoms with Crippen molar-refractivity contribution in [3.05, 3.63) is 70.7 Å². The van der Waals surface area contributed by atoms with Gasteiger partial charge in [0.1, 0.15) is 23.2 Å². The Morgan fingerprint density at radius 3 is 2.50 bits per heavy atom. The molecule has 1 saturated heterocycles. The summed E-state index contributed by atoms with van der Waals surface area (Å²) in [4.78, 5) is 18.1. The van der Waals surface area contributed by atoms with Crippen molar-refractivity contribution in [1.82, 2.24) is 9.88 Å². The van der Waals surface area contributed by atoms with Gasteiger partial charge in [0, 0.05) is 29.3 Å². The summed E-state index contributed by atoms with van der Waals surface area (Å²) in [7, 11) is 1.54. The fraction of sp³-hybridized carbons (Fsp3) is 0.400. The van der Waals surface area contributed by atoms with Crippen molar-refractivity contribution in [3.63, 3.8) is 0 Å². The van der Waals surface area contributed by atoms with Gasteiger partial charge < -0.3 is 20.1 Å². The van der Waals surface area contributed by atoms with E-state index in [1.54, 1.807) is 18.2 Å². The van der Waals surface area contributed by atoms with Crippen LogP contribution in [-0.2, 0) is 11.4 Å². The first-order valence-electron chi connectivity index (χ1n) is 13.0. The third kappa shape index (κ3) is 6.73. The summed E-state index contributed by atoms with van der Waals surface area (Å²) in [5.41, 5.74) is 0.622. The standard InChI is InChI=1S/C30H31F3N2O5/c1-40-21-4-5-26-23(15-21)29(19(18-36)17-34-26)27(37)6-7-30(16-28(38)39)8-11-35(12-9-30)10-2-3-22-24(32)13-20(31)14-25(22)33/h4-5,13-15,17,27,36-37H,6-12,16,18H2,1H3,(H,38,39)/t27-/m0/s1. The number of hydrogen-bond donors (Lipinski definition) is 3. The molecule has 0 saturated carbocycles. The van der Waals surface area contributed by atoms with Gasteiger partial charge in [0.05, 0.1) is 43.9 Å². The molecule has 1 fully saturated rings. The molecule has 4 rings (SSSR count). The van der Waals surface area contributed by atoms with Crippen LogP contribution in [0.2, 0.25) is 0 Å². The molecule has 1 atom stereocenters. The molecule has 0 spiro atoms. The van der Waals surface area contributed by atoms with Crippen molar-refractivity contribution in [2.24, 2.45) is 5.41 Å². The van der Waals surface area contributed by atoms with Gasteiger partial charge in [-0.25, -0.2) is 13.2 Å². The molecule has 0 unspecified atom stereocenters. The van der Waals surface area contributed by atoms with Crippen LogP contribution in [0.5, 0.6) is 5.75 Å². The van der Waals surface area contributed by atoms with Crippen LogP contribution in [0.1, 0.15) is 54.9 Å². The number of aliphatic hydroxyl groups is 2. The summed E-state index contributed by atoms with van der Waals surface area (Å²) < 4.78 is 46.1. The molecular weight excluding hydrogens is 525 g/mol. The van der Waals surface area contributed by atoms with Crippen LogP contribution < -0.4 is 4.74 Å². The second-order valence-electron chi connectivity index (χ2n) is 10.2. The summed E-state index contributed by atoms with van der Waals surface area (Å²) in [5, 5.41) is 31.5. The quantitative estimate of drug-likeness (QED) is 0.332. The van der Waals surface area contributed by atoms with E-state index < -0.39 is 40.5 Å². The van der Waals surface area contributed by atoms with Crippen LogP contribution in [0.3, 0.4) is 0 Å². The number of hydrogen-bond acceptors (Lipinski definition) is 6. The number of nitrogens with zero attached hydrogens (tertiary/aromatic N) is 2. The second kappa shape index (κ2) is 12.7. The molecule has 2 heterocycles. The van der Waals surface area contributed by atoms with Gasteiger partial charge in [0.15, 0.2) is 0 Å². The van der Waals surface area contributed by atoms with Gasteiger partial charge >= 0.3 is 5.97 Å². The fourth-order valence-corrected chi connectivity index (χ4v) is 5.39. The fourth-order valence-electron chi connectivity index (χ4n) is 5.39. The highest BCUT2D eigenvalue weighted by molar-refractivity contribution is 5.85. The molecular formula is C30H31F3N2O5. The van der Waals surface area contributed by atoms with Gasteiger partial charge in [-0.2, -0.15) is 0 Å². The van der Waals surface area contributed by atoms with Gasteiger partial charge in [-0.3, -0.25) is 14.7 Å². The third-order valence-electron chi connectivity index (χ3n) is 7.62. The molecule has 7 nitrogen and oxygen atoms in total. The maximum Gasteiger partial charge on any atom is 0.303 e. The lowest BCUT2D eigenvalue weighted by molar-refractivity contribution is -0.141. The zero-order valence-electron chi connectivity index (χ0n) is 22.1. The van der Waals surface area contributed by atoms with Crippen LogP contribution in [0.25, 0.3) is 10.9 Å². The topological polar surface area (TPSA) is 103 Å². The minimum Gasteiger partial charge on any atom is -0.497 e. The Kier molecular flexibility index (Phi) is 9.30. The van der Waals surface area contributed by atoms with E-state index in [0.717, 1.165) is 0 Å². The SMILES string of the molecule is COc1ccc2ncc(CO)c([C@@H](O)CCC3(CC(=O)O)CCN(CC#Cc4c(F)cc(F)cc4F)CC3)c2c1. The molecule has 212 valence electrons. The highest BCUT2D eigenvalue weighted by Gasteiger charge is 2.37. The number of aliphatic hydroxyl groups excluding tert-OH is 2. The van der Waals surface area contributed by atoms with E-state index >= 15 is 0 Å². The predicted octanol–water partition coefficient (Wildman–Crippen LogP) is 4.58. The van der Waals surface area contributed by atoms with E-state index in [1.807, 2.05) is 4.90 Å². The van der Waals surface area contributed by atoms with Crippen molar-refractivity contribution in [1.29, 1.82) is 0 Å². The maximum absolute atomic E-state index is 13.8. The molecule has 10 heteroatoms. The summed E-state index contributed by atoms with van der Waals surface area (Å²) >= 11 is 0. The number of carboxylic acids is 1. The second-order valence-corrected chi connectivity index (χ2v) is 10.2. The van der Waals surface area contributed by atoms with E-state index in [0.29, 0.717) is 72.3 Å². The molecule has 2 aromatic carbocycles. The van der Waals surface area contributed by atoms with Gasteiger partial charge in [-0.1, -0.05) is 11.8 Å². The number of rotatable bonds is 9. The number of pyridine rings is 1. The number of fused-ring (bicyclic) bond motifs is 1. The first-order valence-corrected chi connectivity index (χ1v) is 13.0. The number of ether oxygens (including phenoxy) is 1. The Labute approximate surface area is 230 Å². The lowest BCUT2D eigenvalue weighted by Gasteiger charge is -2.41. The van der Waals surface area contributed by atoms with E-state index in [2.05, 4.69) is 16.8 Å². The minimum absolute atomic E-state index is 0.0665. The van der Waals surface area contributed by atoms with Crippen molar-refractivity contribution in [2.45, 2.75) is 44.8 Å². The van der Waals surface area contributed by atoms with Crippen LogP contribution in [0, 0.1) is 34.7 Å². The van der Waals surface area contributed by atoms with Crippen LogP contribution in [-0.4, -0.2) is 57.9 Å². The number of piperidine rings is 1. The molecule has 3 aromatic rings. The Balaban J connectivity index is 1.46. The number of aromatic nitrogens is 1. The highest BCUT2D eigenvalue weighted by Crippen LogP contribution is 2.42. The molecule has 1 aliphatic rings.